The number of nitrogens with zero attached hydrogens (tertiary/aromatic N) is 1. The van der Waals surface area contributed by atoms with Crippen molar-refractivity contribution in [1.29, 1.82) is 0 Å². The molecule has 1 aliphatic rings. The molecule has 0 aromatic heterocycles. The second-order valence-corrected chi connectivity index (χ2v) is 5.87. The molecule has 3 amide bonds. The summed E-state index contributed by atoms with van der Waals surface area (Å²) >= 11 is 0. The maximum atomic E-state index is 11.9. The van der Waals surface area contributed by atoms with Gasteiger partial charge in [0.25, 0.3) is 5.91 Å². The van der Waals surface area contributed by atoms with Gasteiger partial charge in [-0.3, -0.25) is 4.79 Å². The van der Waals surface area contributed by atoms with Crippen LogP contribution in [0.1, 0.15) is 29.3 Å². The molecule has 2 atom stereocenters. The predicted octanol–water partition coefficient (Wildman–Crippen LogP) is 1.64. The SMILES string of the molecule is C[C@@H]1C[C@H]1NC(=O)NCCc1cccc(C(=O)N(C)C)c1. The molecule has 1 aromatic rings. The number of nitrogens with one attached hydrogen (secondary N) is 2. The average molecular weight is 289 g/mol. The Hall–Kier alpha value is -2.04. The Balaban J connectivity index is 1.79. The molecule has 5 nitrogen and oxygen atoms in total. The van der Waals surface area contributed by atoms with Crippen LogP contribution in [-0.2, 0) is 6.42 Å². The number of hydrogen-bond acceptors (Lipinski definition) is 2. The fourth-order valence-electron chi connectivity index (χ4n) is 2.18. The summed E-state index contributed by atoms with van der Waals surface area (Å²) in [5.41, 5.74) is 1.72. The Labute approximate surface area is 125 Å². The van der Waals surface area contributed by atoms with Gasteiger partial charge in [0.2, 0.25) is 0 Å². The van der Waals surface area contributed by atoms with Gasteiger partial charge in [0.15, 0.2) is 0 Å². The minimum Gasteiger partial charge on any atom is -0.345 e. The van der Waals surface area contributed by atoms with Crippen LogP contribution >= 0.6 is 0 Å². The topological polar surface area (TPSA) is 61.4 Å². The molecule has 1 fully saturated rings. The van der Waals surface area contributed by atoms with Crippen molar-refractivity contribution in [2.45, 2.75) is 25.8 Å². The Morgan fingerprint density at radius 1 is 1.33 bits per heavy atom. The monoisotopic (exact) mass is 289 g/mol. The number of urea groups is 1. The van der Waals surface area contributed by atoms with Crippen molar-refractivity contribution in [3.8, 4) is 0 Å². The lowest BCUT2D eigenvalue weighted by Crippen LogP contribution is -2.38. The van der Waals surface area contributed by atoms with Crippen LogP contribution in [0.4, 0.5) is 4.79 Å². The molecule has 2 N–H and O–H groups in total. The van der Waals surface area contributed by atoms with Crippen molar-refractivity contribution in [1.82, 2.24) is 15.5 Å². The Morgan fingerprint density at radius 2 is 2.05 bits per heavy atom. The maximum Gasteiger partial charge on any atom is 0.315 e. The molecule has 0 radical (unpaired) electrons. The number of carbonyl (C=O) groups excluding carboxylic acids is 2. The minimum atomic E-state index is -0.107. The van der Waals surface area contributed by atoms with Crippen LogP contribution in [0, 0.1) is 5.92 Å². The smallest absolute Gasteiger partial charge is 0.315 e. The predicted molar refractivity (Wildman–Crippen MR) is 82.3 cm³/mol. The first-order chi connectivity index (χ1) is 9.97. The van der Waals surface area contributed by atoms with E-state index in [0.717, 1.165) is 12.0 Å². The molecule has 0 spiro atoms. The summed E-state index contributed by atoms with van der Waals surface area (Å²) < 4.78 is 0. The summed E-state index contributed by atoms with van der Waals surface area (Å²) in [4.78, 5) is 25.1. The van der Waals surface area contributed by atoms with Crippen molar-refractivity contribution >= 4 is 11.9 Å². The average Bonchev–Trinajstić information content (AvgIpc) is 3.13. The van der Waals surface area contributed by atoms with Crippen LogP contribution in [-0.4, -0.2) is 43.5 Å². The molecular formula is C16H23N3O2. The van der Waals surface area contributed by atoms with Gasteiger partial charge in [0.05, 0.1) is 0 Å². The third kappa shape index (κ3) is 4.48. The first-order valence-electron chi connectivity index (χ1n) is 7.32. The first-order valence-corrected chi connectivity index (χ1v) is 7.32. The first kappa shape index (κ1) is 15.4. The van der Waals surface area contributed by atoms with Crippen molar-refractivity contribution < 1.29 is 9.59 Å². The second kappa shape index (κ2) is 6.61. The minimum absolute atomic E-state index is 0.00901. The summed E-state index contributed by atoms with van der Waals surface area (Å²) in [6.07, 6.45) is 1.78. The van der Waals surface area contributed by atoms with Crippen LogP contribution < -0.4 is 10.6 Å². The number of benzene rings is 1. The lowest BCUT2D eigenvalue weighted by molar-refractivity contribution is 0.0827. The van der Waals surface area contributed by atoms with Gasteiger partial charge in [-0.2, -0.15) is 0 Å². The zero-order valence-electron chi connectivity index (χ0n) is 12.8. The van der Waals surface area contributed by atoms with Gasteiger partial charge < -0.3 is 15.5 Å². The largest absolute Gasteiger partial charge is 0.345 e. The van der Waals surface area contributed by atoms with E-state index in [1.165, 1.54) is 0 Å². The van der Waals surface area contributed by atoms with Gasteiger partial charge >= 0.3 is 6.03 Å². The highest BCUT2D eigenvalue weighted by Crippen LogP contribution is 2.28. The molecule has 114 valence electrons. The summed E-state index contributed by atoms with van der Waals surface area (Å²) in [5.74, 6) is 0.592. The summed E-state index contributed by atoms with van der Waals surface area (Å²) in [6.45, 7) is 2.69. The normalized spacial score (nSPS) is 19.8. The van der Waals surface area contributed by atoms with Gasteiger partial charge in [-0.15, -0.1) is 0 Å². The van der Waals surface area contributed by atoms with Crippen LogP contribution in [0.25, 0.3) is 0 Å². The van der Waals surface area contributed by atoms with E-state index in [0.29, 0.717) is 30.5 Å². The van der Waals surface area contributed by atoms with E-state index in [9.17, 15) is 9.59 Å². The highest BCUT2D eigenvalue weighted by atomic mass is 16.2. The fourth-order valence-corrected chi connectivity index (χ4v) is 2.18. The molecule has 0 unspecified atom stereocenters. The third-order valence-corrected chi connectivity index (χ3v) is 3.71. The molecule has 5 heteroatoms. The molecule has 21 heavy (non-hydrogen) atoms. The standard InChI is InChI=1S/C16H23N3O2/c1-11-9-14(11)18-16(21)17-8-7-12-5-4-6-13(10-12)15(20)19(2)3/h4-6,10-11,14H,7-9H2,1-3H3,(H2,17,18,21)/t11-,14-/m1/s1. The van der Waals surface area contributed by atoms with E-state index in [2.05, 4.69) is 17.6 Å². The van der Waals surface area contributed by atoms with Gasteiger partial charge in [0.1, 0.15) is 0 Å². The molecule has 0 bridgehead atoms. The highest BCUT2D eigenvalue weighted by molar-refractivity contribution is 5.94. The van der Waals surface area contributed by atoms with E-state index in [4.69, 9.17) is 0 Å². The number of carbonyl (C=O) groups is 2. The van der Waals surface area contributed by atoms with Crippen molar-refractivity contribution in [3.63, 3.8) is 0 Å². The lowest BCUT2D eigenvalue weighted by atomic mass is 10.1. The summed E-state index contributed by atoms with van der Waals surface area (Å²) in [6, 6.07) is 7.76. The quantitative estimate of drug-likeness (QED) is 0.865. The zero-order chi connectivity index (χ0) is 15.4. The second-order valence-electron chi connectivity index (χ2n) is 5.87. The Kier molecular flexibility index (Phi) is 4.83. The molecule has 0 heterocycles. The number of hydrogen-bond donors (Lipinski definition) is 2. The van der Waals surface area contributed by atoms with Crippen LogP contribution in [0.2, 0.25) is 0 Å². The van der Waals surface area contributed by atoms with Crippen LogP contribution in [0.3, 0.4) is 0 Å². The van der Waals surface area contributed by atoms with E-state index < -0.39 is 0 Å². The fraction of sp³-hybridized carbons (Fsp3) is 0.500. The van der Waals surface area contributed by atoms with Gasteiger partial charge in [-0.25, -0.2) is 4.79 Å². The molecule has 1 aromatic carbocycles. The lowest BCUT2D eigenvalue weighted by Gasteiger charge is -2.11. The molecule has 0 saturated heterocycles. The molecule has 1 aliphatic carbocycles. The van der Waals surface area contributed by atoms with Gasteiger partial charge in [-0.05, 0) is 36.5 Å². The Bertz CT molecular complexity index is 528. The molecule has 2 rings (SSSR count). The highest BCUT2D eigenvalue weighted by Gasteiger charge is 2.33. The maximum absolute atomic E-state index is 11.9. The zero-order valence-corrected chi connectivity index (χ0v) is 12.8. The van der Waals surface area contributed by atoms with E-state index in [1.807, 2.05) is 18.2 Å². The number of rotatable bonds is 5. The van der Waals surface area contributed by atoms with Gasteiger partial charge in [-0.1, -0.05) is 19.1 Å². The van der Waals surface area contributed by atoms with E-state index >= 15 is 0 Å². The molecular weight excluding hydrogens is 266 g/mol. The van der Waals surface area contributed by atoms with Crippen LogP contribution in [0.15, 0.2) is 24.3 Å². The molecule has 1 saturated carbocycles. The van der Waals surface area contributed by atoms with Gasteiger partial charge in [0, 0.05) is 32.2 Å². The third-order valence-electron chi connectivity index (χ3n) is 3.71. The van der Waals surface area contributed by atoms with Crippen molar-refractivity contribution in [2.24, 2.45) is 5.92 Å². The van der Waals surface area contributed by atoms with Crippen molar-refractivity contribution in [2.75, 3.05) is 20.6 Å². The summed E-state index contributed by atoms with van der Waals surface area (Å²) in [7, 11) is 3.47. The van der Waals surface area contributed by atoms with E-state index in [1.54, 1.807) is 25.1 Å². The molecule has 0 aliphatic heterocycles. The summed E-state index contributed by atoms with van der Waals surface area (Å²) in [5, 5.41) is 5.77. The number of amides is 3. The van der Waals surface area contributed by atoms with Crippen LogP contribution in [0.5, 0.6) is 0 Å². The Morgan fingerprint density at radius 3 is 2.67 bits per heavy atom. The van der Waals surface area contributed by atoms with Crippen molar-refractivity contribution in [3.05, 3.63) is 35.4 Å². The van der Waals surface area contributed by atoms with E-state index in [-0.39, 0.29) is 11.9 Å².